The second-order valence-electron chi connectivity index (χ2n) is 3.36. The number of nitrogens with two attached hydrogens (primary N) is 1. The number of carbonyl (C=O) groups is 1. The first-order chi connectivity index (χ1) is 7.74. The van der Waals surface area contributed by atoms with Gasteiger partial charge in [-0.25, -0.2) is 4.79 Å². The first-order valence-corrected chi connectivity index (χ1v) is 6.01. The second-order valence-corrected chi connectivity index (χ2v) is 4.54. The zero-order chi connectivity index (χ0) is 11.5. The van der Waals surface area contributed by atoms with Crippen molar-refractivity contribution in [3.63, 3.8) is 0 Å². The molecular weight excluding hydrogens is 222 g/mol. The van der Waals surface area contributed by atoms with Crippen LogP contribution < -0.4 is 5.73 Å². The number of carbonyl (C=O) groups excluding carboxylic acids is 1. The molecule has 1 atom stereocenters. The van der Waals surface area contributed by atoms with Crippen molar-refractivity contribution in [1.29, 1.82) is 0 Å². The fourth-order valence-electron chi connectivity index (χ4n) is 1.64. The van der Waals surface area contributed by atoms with Crippen LogP contribution >= 0.6 is 11.8 Å². The minimum atomic E-state index is -0.323. The molecule has 0 bridgehead atoms. The van der Waals surface area contributed by atoms with Gasteiger partial charge in [0.25, 0.3) is 0 Å². The maximum Gasteiger partial charge on any atom is 0.337 e. The molecule has 84 valence electrons. The van der Waals surface area contributed by atoms with Crippen molar-refractivity contribution in [2.45, 2.75) is 12.3 Å². The standard InChI is InChI=1S/C12H13NO2S/c1-2-15-12(14)10-8-6-4-3-5-7-9(8)16-11(10)13/h3-7,11H,2,13H2,1H3/t11-/m1/s1. The highest BCUT2D eigenvalue weighted by molar-refractivity contribution is 8.04. The summed E-state index contributed by atoms with van der Waals surface area (Å²) in [4.78, 5) is 12.8. The van der Waals surface area contributed by atoms with Crippen LogP contribution in [-0.4, -0.2) is 18.0 Å². The highest BCUT2D eigenvalue weighted by atomic mass is 32.2. The molecule has 0 spiro atoms. The number of thioether (sulfide) groups is 1. The minimum absolute atomic E-state index is 0.313. The highest BCUT2D eigenvalue weighted by Crippen LogP contribution is 2.41. The summed E-state index contributed by atoms with van der Waals surface area (Å²) in [5.41, 5.74) is 7.38. The zero-order valence-corrected chi connectivity index (χ0v) is 9.79. The summed E-state index contributed by atoms with van der Waals surface area (Å²) in [6.07, 6.45) is 9.63. The molecule has 0 aromatic carbocycles. The van der Waals surface area contributed by atoms with Crippen LogP contribution in [0.15, 0.2) is 46.4 Å². The Bertz CT molecular complexity index is 432. The molecule has 0 amide bonds. The minimum Gasteiger partial charge on any atom is -0.463 e. The maximum absolute atomic E-state index is 11.8. The summed E-state index contributed by atoms with van der Waals surface area (Å²) in [5.74, 6) is -0.313. The van der Waals surface area contributed by atoms with Crippen LogP contribution in [-0.2, 0) is 9.53 Å². The molecule has 2 rings (SSSR count). The number of esters is 1. The van der Waals surface area contributed by atoms with E-state index in [4.69, 9.17) is 10.5 Å². The Hall–Kier alpha value is -1.26. The summed E-state index contributed by atoms with van der Waals surface area (Å²) in [5, 5.41) is -0.323. The molecule has 1 heterocycles. The van der Waals surface area contributed by atoms with Gasteiger partial charge in [0.05, 0.1) is 17.6 Å². The van der Waals surface area contributed by atoms with Crippen molar-refractivity contribution in [2.75, 3.05) is 6.61 Å². The van der Waals surface area contributed by atoms with E-state index in [0.29, 0.717) is 12.2 Å². The molecular formula is C12H13NO2S. The Morgan fingerprint density at radius 2 is 2.31 bits per heavy atom. The lowest BCUT2D eigenvalue weighted by Crippen LogP contribution is -2.23. The average molecular weight is 235 g/mol. The Morgan fingerprint density at radius 3 is 3.06 bits per heavy atom. The molecule has 1 aliphatic heterocycles. The lowest BCUT2D eigenvalue weighted by atomic mass is 10.1. The SMILES string of the molecule is CCOC(=O)C1=C2C=CC=CC=C2S[C@H]1N. The topological polar surface area (TPSA) is 52.3 Å². The summed E-state index contributed by atoms with van der Waals surface area (Å²) >= 11 is 1.49. The van der Waals surface area contributed by atoms with Gasteiger partial charge in [-0.2, -0.15) is 0 Å². The number of allylic oxidation sites excluding steroid dienone is 6. The monoisotopic (exact) mass is 235 g/mol. The van der Waals surface area contributed by atoms with E-state index in [9.17, 15) is 4.79 Å². The summed E-state index contributed by atoms with van der Waals surface area (Å²) in [6, 6.07) is 0. The number of hydrogen-bond acceptors (Lipinski definition) is 4. The van der Waals surface area contributed by atoms with Gasteiger partial charge in [0.15, 0.2) is 0 Å². The van der Waals surface area contributed by atoms with Crippen LogP contribution in [0.5, 0.6) is 0 Å². The van der Waals surface area contributed by atoms with Gasteiger partial charge in [-0.15, -0.1) is 11.8 Å². The van der Waals surface area contributed by atoms with E-state index >= 15 is 0 Å². The Morgan fingerprint density at radius 1 is 1.50 bits per heavy atom. The summed E-state index contributed by atoms with van der Waals surface area (Å²) < 4.78 is 5.01. The lowest BCUT2D eigenvalue weighted by molar-refractivity contribution is -0.138. The van der Waals surface area contributed by atoms with Crippen LogP contribution in [0, 0.1) is 0 Å². The molecule has 0 saturated heterocycles. The molecule has 0 unspecified atom stereocenters. The Kier molecular flexibility index (Phi) is 3.31. The molecule has 16 heavy (non-hydrogen) atoms. The van der Waals surface area contributed by atoms with Crippen LogP contribution in [0.2, 0.25) is 0 Å². The van der Waals surface area contributed by atoms with E-state index in [0.717, 1.165) is 10.5 Å². The molecule has 0 aromatic heterocycles. The lowest BCUT2D eigenvalue weighted by Gasteiger charge is -2.07. The molecule has 0 saturated carbocycles. The molecule has 0 aromatic rings. The van der Waals surface area contributed by atoms with Gasteiger partial charge >= 0.3 is 5.97 Å². The van der Waals surface area contributed by atoms with E-state index < -0.39 is 0 Å². The van der Waals surface area contributed by atoms with Gasteiger partial charge in [0.2, 0.25) is 0 Å². The van der Waals surface area contributed by atoms with Gasteiger partial charge in [-0.1, -0.05) is 24.3 Å². The number of ether oxygens (including phenoxy) is 1. The predicted octanol–water partition coefficient (Wildman–Crippen LogP) is 1.89. The summed E-state index contributed by atoms with van der Waals surface area (Å²) in [6.45, 7) is 2.16. The third-order valence-electron chi connectivity index (χ3n) is 2.32. The van der Waals surface area contributed by atoms with Crippen molar-refractivity contribution < 1.29 is 9.53 Å². The van der Waals surface area contributed by atoms with Crippen molar-refractivity contribution in [3.8, 4) is 0 Å². The van der Waals surface area contributed by atoms with E-state index in [1.807, 2.05) is 30.4 Å². The second kappa shape index (κ2) is 4.72. The van der Waals surface area contributed by atoms with Crippen molar-refractivity contribution in [2.24, 2.45) is 5.73 Å². The first kappa shape index (κ1) is 11.2. The average Bonchev–Trinajstić information content (AvgIpc) is 2.43. The van der Waals surface area contributed by atoms with Crippen molar-refractivity contribution >= 4 is 17.7 Å². The van der Waals surface area contributed by atoms with Crippen molar-refractivity contribution in [1.82, 2.24) is 0 Å². The third kappa shape index (κ3) is 1.99. The van der Waals surface area contributed by atoms with E-state index in [2.05, 4.69) is 0 Å². The fourth-order valence-corrected chi connectivity index (χ4v) is 2.72. The maximum atomic E-state index is 11.8. The number of fused-ring (bicyclic) bond motifs is 1. The molecule has 0 fully saturated rings. The smallest absolute Gasteiger partial charge is 0.337 e. The Labute approximate surface area is 98.7 Å². The van der Waals surface area contributed by atoms with Crippen LogP contribution in [0.4, 0.5) is 0 Å². The van der Waals surface area contributed by atoms with Gasteiger partial charge in [0, 0.05) is 10.5 Å². The number of rotatable bonds is 2. The van der Waals surface area contributed by atoms with E-state index in [1.165, 1.54) is 11.8 Å². The van der Waals surface area contributed by atoms with Gasteiger partial charge < -0.3 is 10.5 Å². The fraction of sp³-hybridized carbons (Fsp3) is 0.250. The summed E-state index contributed by atoms with van der Waals surface area (Å²) in [7, 11) is 0. The van der Waals surface area contributed by atoms with Crippen LogP contribution in [0.3, 0.4) is 0 Å². The normalized spacial score (nSPS) is 22.9. The van der Waals surface area contributed by atoms with Gasteiger partial charge in [-0.05, 0) is 13.0 Å². The quantitative estimate of drug-likeness (QED) is 0.743. The first-order valence-electron chi connectivity index (χ1n) is 5.13. The molecule has 2 aliphatic rings. The van der Waals surface area contributed by atoms with Gasteiger partial charge in [-0.3, -0.25) is 0 Å². The largest absolute Gasteiger partial charge is 0.463 e. The molecule has 3 nitrogen and oxygen atoms in total. The molecule has 2 N–H and O–H groups in total. The molecule has 0 radical (unpaired) electrons. The van der Waals surface area contributed by atoms with Crippen LogP contribution in [0.25, 0.3) is 0 Å². The molecule has 1 aliphatic carbocycles. The number of hydrogen-bond donors (Lipinski definition) is 1. The van der Waals surface area contributed by atoms with Gasteiger partial charge in [0.1, 0.15) is 0 Å². The Balaban J connectivity index is 2.40. The molecule has 4 heteroatoms. The zero-order valence-electron chi connectivity index (χ0n) is 8.97. The predicted molar refractivity (Wildman–Crippen MR) is 65.6 cm³/mol. The third-order valence-corrected chi connectivity index (χ3v) is 3.42. The highest BCUT2D eigenvalue weighted by Gasteiger charge is 2.31. The van der Waals surface area contributed by atoms with E-state index in [-0.39, 0.29) is 11.3 Å². The van der Waals surface area contributed by atoms with Crippen molar-refractivity contribution in [3.05, 3.63) is 46.4 Å². The van der Waals surface area contributed by atoms with E-state index in [1.54, 1.807) is 6.92 Å². The van der Waals surface area contributed by atoms with Crippen LogP contribution in [0.1, 0.15) is 6.92 Å².